The van der Waals surface area contributed by atoms with Gasteiger partial charge in [-0.1, -0.05) is 0 Å². The van der Waals surface area contributed by atoms with E-state index in [2.05, 4.69) is 37.9 Å². The molecular weight excluding hydrogens is 257 g/mol. The van der Waals surface area contributed by atoms with E-state index in [1.165, 1.54) is 18.2 Å². The summed E-state index contributed by atoms with van der Waals surface area (Å²) < 4.78 is 13.2. The van der Waals surface area contributed by atoms with Gasteiger partial charge in [0.15, 0.2) is 0 Å². The van der Waals surface area contributed by atoms with Crippen molar-refractivity contribution in [3.05, 3.63) is 29.6 Å². The molecule has 0 aliphatic rings. The first-order valence-corrected chi connectivity index (χ1v) is 6.91. The lowest BCUT2D eigenvalue weighted by molar-refractivity contribution is 0.0939. The monoisotopic (exact) mass is 281 g/mol. The minimum atomic E-state index is -0.499. The van der Waals surface area contributed by atoms with Crippen LogP contribution in [0.1, 0.15) is 38.1 Å². The first kappa shape index (κ1) is 16.4. The Morgan fingerprint density at radius 2 is 1.85 bits per heavy atom. The Morgan fingerprint density at radius 3 is 2.35 bits per heavy atom. The van der Waals surface area contributed by atoms with Gasteiger partial charge in [-0.25, -0.2) is 4.39 Å². The first-order chi connectivity index (χ1) is 9.31. The van der Waals surface area contributed by atoms with E-state index in [-0.39, 0.29) is 17.2 Å². The van der Waals surface area contributed by atoms with Gasteiger partial charge in [-0.05, 0) is 45.9 Å². The number of rotatable bonds is 6. The fraction of sp³-hybridized carbons (Fsp3) is 0.533. The van der Waals surface area contributed by atoms with Gasteiger partial charge in [0, 0.05) is 36.4 Å². The van der Waals surface area contributed by atoms with Crippen LogP contribution in [0.15, 0.2) is 18.2 Å². The normalized spacial score (nSPS) is 11.4. The van der Waals surface area contributed by atoms with Crippen LogP contribution in [0, 0.1) is 5.82 Å². The Labute approximate surface area is 120 Å². The summed E-state index contributed by atoms with van der Waals surface area (Å²) in [5, 5.41) is 2.79. The molecule has 0 heterocycles. The molecule has 0 saturated heterocycles. The minimum Gasteiger partial charge on any atom is -0.399 e. The highest BCUT2D eigenvalue weighted by atomic mass is 19.1. The Morgan fingerprint density at radius 1 is 1.25 bits per heavy atom. The standard InChI is InChI=1S/C15H24FN3O/c1-10(2)19(11(3)4)6-5-18-15(20)12-7-13(16)9-14(17)8-12/h7-11H,5-6,17H2,1-4H3,(H,18,20). The van der Waals surface area contributed by atoms with Crippen molar-refractivity contribution < 1.29 is 9.18 Å². The summed E-state index contributed by atoms with van der Waals surface area (Å²) in [7, 11) is 0. The average Bonchev–Trinajstić information content (AvgIpc) is 2.32. The van der Waals surface area contributed by atoms with Gasteiger partial charge in [0.2, 0.25) is 0 Å². The average molecular weight is 281 g/mol. The van der Waals surface area contributed by atoms with E-state index in [4.69, 9.17) is 5.73 Å². The van der Waals surface area contributed by atoms with Crippen molar-refractivity contribution in [3.8, 4) is 0 Å². The summed E-state index contributed by atoms with van der Waals surface area (Å²) in [6, 6.07) is 4.68. The van der Waals surface area contributed by atoms with Gasteiger partial charge in [0.05, 0.1) is 0 Å². The lowest BCUT2D eigenvalue weighted by Gasteiger charge is -2.30. The van der Waals surface area contributed by atoms with Crippen LogP contribution in [-0.2, 0) is 0 Å². The minimum absolute atomic E-state index is 0.251. The highest BCUT2D eigenvalue weighted by Crippen LogP contribution is 2.10. The number of halogens is 1. The van der Waals surface area contributed by atoms with Gasteiger partial charge in [0.25, 0.3) is 5.91 Å². The summed E-state index contributed by atoms with van der Waals surface area (Å²) >= 11 is 0. The third-order valence-electron chi connectivity index (χ3n) is 3.16. The number of anilines is 1. The molecule has 0 aliphatic heterocycles. The number of nitrogens with one attached hydrogen (secondary N) is 1. The molecule has 1 amide bonds. The molecule has 112 valence electrons. The second-order valence-corrected chi connectivity index (χ2v) is 5.45. The van der Waals surface area contributed by atoms with Gasteiger partial charge < -0.3 is 11.1 Å². The van der Waals surface area contributed by atoms with E-state index in [1.54, 1.807) is 0 Å². The number of hydrogen-bond acceptors (Lipinski definition) is 3. The molecule has 4 nitrogen and oxygen atoms in total. The molecule has 20 heavy (non-hydrogen) atoms. The maximum Gasteiger partial charge on any atom is 0.251 e. The van der Waals surface area contributed by atoms with Crippen LogP contribution in [0.3, 0.4) is 0 Å². The summed E-state index contributed by atoms with van der Waals surface area (Å²) in [5.74, 6) is -0.801. The lowest BCUT2D eigenvalue weighted by atomic mass is 10.2. The fourth-order valence-corrected chi connectivity index (χ4v) is 2.26. The number of nitrogens with two attached hydrogens (primary N) is 1. The van der Waals surface area contributed by atoms with Crippen LogP contribution in [0.5, 0.6) is 0 Å². The van der Waals surface area contributed by atoms with Crippen molar-refractivity contribution in [2.75, 3.05) is 18.8 Å². The molecule has 0 unspecified atom stereocenters. The van der Waals surface area contributed by atoms with Gasteiger partial charge in [0.1, 0.15) is 5.82 Å². The van der Waals surface area contributed by atoms with Crippen LogP contribution in [0.25, 0.3) is 0 Å². The summed E-state index contributed by atoms with van der Waals surface area (Å²) in [5.41, 5.74) is 6.03. The molecule has 0 radical (unpaired) electrons. The number of carbonyl (C=O) groups excluding carboxylic acids is 1. The number of hydrogen-bond donors (Lipinski definition) is 2. The molecule has 1 aromatic carbocycles. The van der Waals surface area contributed by atoms with Crippen LogP contribution in [0.2, 0.25) is 0 Å². The predicted molar refractivity (Wildman–Crippen MR) is 80.1 cm³/mol. The largest absolute Gasteiger partial charge is 0.399 e. The molecule has 0 fully saturated rings. The molecule has 0 atom stereocenters. The zero-order chi connectivity index (χ0) is 15.3. The van der Waals surface area contributed by atoms with Crippen LogP contribution >= 0.6 is 0 Å². The smallest absolute Gasteiger partial charge is 0.251 e. The van der Waals surface area contributed by atoms with Crippen LogP contribution < -0.4 is 11.1 Å². The van der Waals surface area contributed by atoms with E-state index in [1.807, 2.05) is 0 Å². The number of nitrogens with zero attached hydrogens (tertiary/aromatic N) is 1. The van der Waals surface area contributed by atoms with Crippen molar-refractivity contribution in [2.45, 2.75) is 39.8 Å². The maximum atomic E-state index is 13.2. The summed E-state index contributed by atoms with van der Waals surface area (Å²) in [6.07, 6.45) is 0. The number of carbonyl (C=O) groups is 1. The number of nitrogen functional groups attached to an aromatic ring is 1. The van der Waals surface area contributed by atoms with Crippen molar-refractivity contribution in [1.82, 2.24) is 10.2 Å². The quantitative estimate of drug-likeness (QED) is 0.786. The Hall–Kier alpha value is -1.62. The molecule has 5 heteroatoms. The Bertz CT molecular complexity index is 432. The highest BCUT2D eigenvalue weighted by molar-refractivity contribution is 5.95. The SMILES string of the molecule is CC(C)N(CCNC(=O)c1cc(N)cc(F)c1)C(C)C. The fourth-order valence-electron chi connectivity index (χ4n) is 2.26. The molecule has 1 aromatic rings. The van der Waals surface area contributed by atoms with E-state index < -0.39 is 5.82 Å². The maximum absolute atomic E-state index is 13.2. The molecule has 0 aliphatic carbocycles. The lowest BCUT2D eigenvalue weighted by Crippen LogP contribution is -2.42. The van der Waals surface area contributed by atoms with E-state index in [0.29, 0.717) is 18.6 Å². The highest BCUT2D eigenvalue weighted by Gasteiger charge is 2.14. The zero-order valence-corrected chi connectivity index (χ0v) is 12.6. The second kappa shape index (κ2) is 7.24. The van der Waals surface area contributed by atoms with Gasteiger partial charge in [-0.3, -0.25) is 9.69 Å². The van der Waals surface area contributed by atoms with Crippen molar-refractivity contribution in [2.24, 2.45) is 0 Å². The van der Waals surface area contributed by atoms with E-state index in [9.17, 15) is 9.18 Å². The molecular formula is C15H24FN3O. The van der Waals surface area contributed by atoms with Gasteiger partial charge in [-0.15, -0.1) is 0 Å². The van der Waals surface area contributed by atoms with E-state index in [0.717, 1.165) is 6.54 Å². The zero-order valence-electron chi connectivity index (χ0n) is 12.6. The van der Waals surface area contributed by atoms with Crippen LogP contribution in [-0.4, -0.2) is 36.0 Å². The van der Waals surface area contributed by atoms with Gasteiger partial charge in [-0.2, -0.15) is 0 Å². The topological polar surface area (TPSA) is 58.4 Å². The third kappa shape index (κ3) is 4.81. The van der Waals surface area contributed by atoms with Crippen molar-refractivity contribution in [3.63, 3.8) is 0 Å². The summed E-state index contributed by atoms with van der Waals surface area (Å²) in [6.45, 7) is 9.76. The number of amides is 1. The van der Waals surface area contributed by atoms with Crippen molar-refractivity contribution in [1.29, 1.82) is 0 Å². The molecule has 0 bridgehead atoms. The molecule has 0 spiro atoms. The van der Waals surface area contributed by atoms with Crippen molar-refractivity contribution >= 4 is 11.6 Å². The predicted octanol–water partition coefficient (Wildman–Crippen LogP) is 2.26. The Kier molecular flexibility index (Phi) is 5.95. The van der Waals surface area contributed by atoms with Gasteiger partial charge >= 0.3 is 0 Å². The third-order valence-corrected chi connectivity index (χ3v) is 3.16. The Balaban J connectivity index is 2.55. The summed E-state index contributed by atoms with van der Waals surface area (Å²) in [4.78, 5) is 14.2. The molecule has 1 rings (SSSR count). The molecule has 0 saturated carbocycles. The number of benzene rings is 1. The van der Waals surface area contributed by atoms with Crippen LogP contribution in [0.4, 0.5) is 10.1 Å². The molecule has 3 N–H and O–H groups in total. The van der Waals surface area contributed by atoms with E-state index >= 15 is 0 Å². The molecule has 0 aromatic heterocycles. The second-order valence-electron chi connectivity index (χ2n) is 5.45. The first-order valence-electron chi connectivity index (χ1n) is 6.91.